The fraction of sp³-hybridized carbons (Fsp3) is 0.211. The van der Waals surface area contributed by atoms with Gasteiger partial charge in [0.05, 0.1) is 35.1 Å². The number of anilines is 1. The van der Waals surface area contributed by atoms with Crippen LogP contribution in [0.2, 0.25) is 0 Å². The maximum absolute atomic E-state index is 12.8. The molecule has 1 saturated heterocycles. The van der Waals surface area contributed by atoms with E-state index in [4.69, 9.17) is 4.74 Å². The summed E-state index contributed by atoms with van der Waals surface area (Å²) in [6.07, 6.45) is 1.42. The van der Waals surface area contributed by atoms with Gasteiger partial charge in [-0.05, 0) is 40.8 Å². The van der Waals surface area contributed by atoms with Crippen molar-refractivity contribution in [1.29, 1.82) is 0 Å². The Bertz CT molecular complexity index is 1130. The van der Waals surface area contributed by atoms with E-state index in [0.29, 0.717) is 37.7 Å². The maximum Gasteiger partial charge on any atom is 0.272 e. The van der Waals surface area contributed by atoms with Crippen LogP contribution in [0.25, 0.3) is 5.69 Å². The molecule has 2 aromatic carbocycles. The fourth-order valence-electron chi connectivity index (χ4n) is 3.20. The van der Waals surface area contributed by atoms with Crippen molar-refractivity contribution in [2.24, 2.45) is 0 Å². The lowest BCUT2D eigenvalue weighted by Crippen LogP contribution is -2.43. The third-order valence-corrected chi connectivity index (χ3v) is 4.82. The number of benzene rings is 2. The highest BCUT2D eigenvalue weighted by molar-refractivity contribution is 6.02. The first kappa shape index (κ1) is 20.9. The largest absolute Gasteiger partial charge is 0.378 e. The van der Waals surface area contributed by atoms with E-state index in [1.165, 1.54) is 29.2 Å². The maximum atomic E-state index is 12.8. The van der Waals surface area contributed by atoms with Gasteiger partial charge in [-0.15, -0.1) is 5.10 Å². The second kappa shape index (κ2) is 9.18. The number of hydrazine groups is 1. The number of non-ortho nitro benzene ring substituents is 1. The Labute approximate surface area is 181 Å². The lowest BCUT2D eigenvalue weighted by molar-refractivity contribution is -0.384. The number of nitrogens with one attached hydrogen (secondary N) is 2. The zero-order chi connectivity index (χ0) is 22.5. The van der Waals surface area contributed by atoms with Gasteiger partial charge in [0, 0.05) is 30.8 Å². The molecule has 13 nitrogen and oxygen atoms in total. The zero-order valence-electron chi connectivity index (χ0n) is 16.7. The van der Waals surface area contributed by atoms with Gasteiger partial charge in [0.2, 0.25) is 0 Å². The van der Waals surface area contributed by atoms with Gasteiger partial charge in [0.1, 0.15) is 6.33 Å². The van der Waals surface area contributed by atoms with Crippen molar-refractivity contribution in [3.8, 4) is 5.69 Å². The Hall–Kier alpha value is -4.39. The molecule has 0 aliphatic carbocycles. The normalized spacial score (nSPS) is 13.4. The molecule has 2 heterocycles. The summed E-state index contributed by atoms with van der Waals surface area (Å²) >= 11 is 0. The number of morpholine rings is 1. The van der Waals surface area contributed by atoms with E-state index < -0.39 is 16.7 Å². The number of aromatic nitrogens is 4. The minimum absolute atomic E-state index is 0.0791. The summed E-state index contributed by atoms with van der Waals surface area (Å²) in [5.74, 6) is -1.23. The molecular weight excluding hydrogens is 420 g/mol. The molecule has 1 aromatic heterocycles. The van der Waals surface area contributed by atoms with Gasteiger partial charge in [-0.1, -0.05) is 0 Å². The van der Waals surface area contributed by atoms with E-state index in [2.05, 4.69) is 26.4 Å². The van der Waals surface area contributed by atoms with Crippen LogP contribution in [0, 0.1) is 10.1 Å². The first-order valence-electron chi connectivity index (χ1n) is 9.58. The highest BCUT2D eigenvalue weighted by Crippen LogP contribution is 2.26. The molecule has 164 valence electrons. The van der Waals surface area contributed by atoms with E-state index in [-0.39, 0.29) is 16.8 Å². The number of hydrogen-bond acceptors (Lipinski definition) is 9. The lowest BCUT2D eigenvalue weighted by atomic mass is 10.1. The van der Waals surface area contributed by atoms with Gasteiger partial charge >= 0.3 is 0 Å². The highest BCUT2D eigenvalue weighted by atomic mass is 16.6. The molecule has 3 aromatic rings. The van der Waals surface area contributed by atoms with E-state index >= 15 is 0 Å². The van der Waals surface area contributed by atoms with Crippen molar-refractivity contribution >= 4 is 23.2 Å². The standard InChI is InChI=1S/C19H18N8O5/c28-18(13-1-3-14(4-2-13)26-12-20-23-24-26)21-22-19(29)16-11-15(27(30)31)5-6-17(16)25-7-9-32-10-8-25/h1-6,11-12H,7-10H2,(H,21,28)(H,22,29). The van der Waals surface area contributed by atoms with Crippen LogP contribution >= 0.6 is 0 Å². The predicted molar refractivity (Wildman–Crippen MR) is 110 cm³/mol. The average molecular weight is 438 g/mol. The quantitative estimate of drug-likeness (QED) is 0.427. The second-order valence-electron chi connectivity index (χ2n) is 6.77. The minimum atomic E-state index is -0.672. The van der Waals surface area contributed by atoms with Crippen molar-refractivity contribution in [3.05, 3.63) is 70.0 Å². The first-order valence-corrected chi connectivity index (χ1v) is 9.58. The van der Waals surface area contributed by atoms with Gasteiger partial charge < -0.3 is 9.64 Å². The summed E-state index contributed by atoms with van der Waals surface area (Å²) < 4.78 is 6.75. The van der Waals surface area contributed by atoms with Crippen molar-refractivity contribution in [1.82, 2.24) is 31.1 Å². The first-order chi connectivity index (χ1) is 15.5. The number of nitro groups is 1. The Kier molecular flexibility index (Phi) is 5.98. The number of nitrogens with zero attached hydrogens (tertiary/aromatic N) is 6. The Balaban J connectivity index is 1.47. The minimum Gasteiger partial charge on any atom is -0.378 e. The Morgan fingerprint density at radius 1 is 1.03 bits per heavy atom. The van der Waals surface area contributed by atoms with E-state index in [1.54, 1.807) is 24.3 Å². The van der Waals surface area contributed by atoms with Crippen LogP contribution in [0.15, 0.2) is 48.8 Å². The SMILES string of the molecule is O=C(NNC(=O)c1cc([N+](=O)[O-])ccc1N1CCOCC1)c1ccc(-n2cnnn2)cc1. The van der Waals surface area contributed by atoms with Crippen LogP contribution in [0.5, 0.6) is 0 Å². The second-order valence-corrected chi connectivity index (χ2v) is 6.77. The number of nitro benzene ring substituents is 1. The monoisotopic (exact) mass is 438 g/mol. The predicted octanol–water partition coefficient (Wildman–Crippen LogP) is 0.482. The number of rotatable bonds is 5. The van der Waals surface area contributed by atoms with Crippen LogP contribution in [0.4, 0.5) is 11.4 Å². The number of tetrazole rings is 1. The lowest BCUT2D eigenvalue weighted by Gasteiger charge is -2.30. The number of amides is 2. The molecule has 13 heteroatoms. The molecular formula is C19H18N8O5. The summed E-state index contributed by atoms with van der Waals surface area (Å²) in [6, 6.07) is 10.4. The molecule has 1 fully saturated rings. The summed E-state index contributed by atoms with van der Waals surface area (Å²) in [6.45, 7) is 2.04. The molecule has 4 rings (SSSR count). The molecule has 0 atom stereocenters. The van der Waals surface area contributed by atoms with Crippen molar-refractivity contribution in [2.45, 2.75) is 0 Å². The summed E-state index contributed by atoms with van der Waals surface area (Å²) in [5.41, 5.74) is 5.98. The van der Waals surface area contributed by atoms with Gasteiger partial charge in [0.15, 0.2) is 0 Å². The van der Waals surface area contributed by atoms with E-state index in [0.717, 1.165) is 0 Å². The average Bonchev–Trinajstić information content (AvgIpc) is 3.37. The van der Waals surface area contributed by atoms with Crippen LogP contribution in [-0.2, 0) is 4.74 Å². The smallest absolute Gasteiger partial charge is 0.272 e. The molecule has 2 amide bonds. The number of ether oxygens (including phenoxy) is 1. The molecule has 1 aliphatic rings. The van der Waals surface area contributed by atoms with E-state index in [1.807, 2.05) is 4.90 Å². The summed E-state index contributed by atoms with van der Waals surface area (Å²) in [5, 5.41) is 22.0. The topological polar surface area (TPSA) is 157 Å². The van der Waals surface area contributed by atoms with Crippen LogP contribution in [0.3, 0.4) is 0 Å². The molecule has 0 bridgehead atoms. The third kappa shape index (κ3) is 4.52. The molecule has 2 N–H and O–H groups in total. The molecule has 0 saturated carbocycles. The molecule has 0 radical (unpaired) electrons. The number of hydrogen-bond donors (Lipinski definition) is 2. The molecule has 32 heavy (non-hydrogen) atoms. The van der Waals surface area contributed by atoms with Crippen molar-refractivity contribution in [3.63, 3.8) is 0 Å². The van der Waals surface area contributed by atoms with Crippen molar-refractivity contribution in [2.75, 3.05) is 31.2 Å². The molecule has 1 aliphatic heterocycles. The van der Waals surface area contributed by atoms with E-state index in [9.17, 15) is 19.7 Å². The molecule has 0 spiro atoms. The van der Waals surface area contributed by atoms with Gasteiger partial charge in [-0.3, -0.25) is 30.6 Å². The summed E-state index contributed by atoms with van der Waals surface area (Å²) in [7, 11) is 0. The van der Waals surface area contributed by atoms with Crippen LogP contribution < -0.4 is 15.8 Å². The van der Waals surface area contributed by atoms with Crippen LogP contribution in [-0.4, -0.2) is 63.2 Å². The van der Waals surface area contributed by atoms with Gasteiger partial charge in [-0.2, -0.15) is 0 Å². The van der Waals surface area contributed by atoms with Crippen molar-refractivity contribution < 1.29 is 19.2 Å². The zero-order valence-corrected chi connectivity index (χ0v) is 16.7. The number of carbonyl (C=O) groups is 2. The van der Waals surface area contributed by atoms with Gasteiger partial charge in [0.25, 0.3) is 17.5 Å². The third-order valence-electron chi connectivity index (χ3n) is 4.82. The number of carbonyl (C=O) groups excluding carboxylic acids is 2. The fourth-order valence-corrected chi connectivity index (χ4v) is 3.20. The Morgan fingerprint density at radius 3 is 2.41 bits per heavy atom. The molecule has 0 unspecified atom stereocenters. The highest BCUT2D eigenvalue weighted by Gasteiger charge is 2.22. The van der Waals surface area contributed by atoms with Crippen LogP contribution in [0.1, 0.15) is 20.7 Å². The summed E-state index contributed by atoms with van der Waals surface area (Å²) in [4.78, 5) is 37.7. The van der Waals surface area contributed by atoms with Gasteiger partial charge in [-0.25, -0.2) is 4.68 Å². The Morgan fingerprint density at radius 2 is 1.75 bits per heavy atom.